The summed E-state index contributed by atoms with van der Waals surface area (Å²) < 4.78 is 11.7. The maximum absolute atomic E-state index is 14.2. The molecule has 0 aliphatic carbocycles. The summed E-state index contributed by atoms with van der Waals surface area (Å²) in [5.74, 6) is -1.67. The summed E-state index contributed by atoms with van der Waals surface area (Å²) in [6.07, 6.45) is 3.77. The van der Waals surface area contributed by atoms with E-state index in [1.807, 2.05) is 41.4 Å². The van der Waals surface area contributed by atoms with Crippen molar-refractivity contribution >= 4 is 45.3 Å². The maximum atomic E-state index is 14.2. The smallest absolute Gasteiger partial charge is 0.240 e. The van der Waals surface area contributed by atoms with Crippen molar-refractivity contribution in [2.24, 2.45) is 11.8 Å². The number of anilines is 1. The molecule has 2 amide bonds. The van der Waals surface area contributed by atoms with Gasteiger partial charge in [0.25, 0.3) is 0 Å². The van der Waals surface area contributed by atoms with Crippen LogP contribution in [0.1, 0.15) is 27.5 Å². The number of benzene rings is 3. The highest BCUT2D eigenvalue weighted by Gasteiger charge is 2.64. The monoisotopic (exact) mass is 558 g/mol. The lowest BCUT2D eigenvalue weighted by atomic mass is 9.83. The Morgan fingerprint density at radius 2 is 1.62 bits per heavy atom. The van der Waals surface area contributed by atoms with Crippen molar-refractivity contribution in [3.05, 3.63) is 94.1 Å². The second-order valence-corrected chi connectivity index (χ2v) is 10.2. The molecule has 8 heteroatoms. The van der Waals surface area contributed by atoms with Gasteiger partial charge in [0, 0.05) is 10.7 Å². The van der Waals surface area contributed by atoms with Crippen molar-refractivity contribution in [1.29, 1.82) is 0 Å². The molecular weight excluding hydrogens is 536 g/mol. The van der Waals surface area contributed by atoms with Crippen LogP contribution in [0.15, 0.2) is 77.4 Å². The van der Waals surface area contributed by atoms with Gasteiger partial charge in [0.2, 0.25) is 11.8 Å². The maximum Gasteiger partial charge on any atom is 0.240 e. The van der Waals surface area contributed by atoms with Gasteiger partial charge >= 0.3 is 0 Å². The van der Waals surface area contributed by atoms with Crippen LogP contribution in [0, 0.1) is 11.8 Å². The van der Waals surface area contributed by atoms with Gasteiger partial charge in [0.05, 0.1) is 43.3 Å². The zero-order valence-electron chi connectivity index (χ0n) is 20.1. The van der Waals surface area contributed by atoms with Crippen LogP contribution < -0.4 is 14.4 Å². The number of methoxy groups -OCH3 is 2. The molecule has 6 rings (SSSR count). The third-order valence-corrected chi connectivity index (χ3v) is 8.02. The Hall–Kier alpha value is -3.91. The van der Waals surface area contributed by atoms with Gasteiger partial charge in [-0.15, -0.1) is 0 Å². The number of rotatable bonds is 5. The number of hydrogen-bond donors (Lipinski definition) is 0. The summed E-state index contributed by atoms with van der Waals surface area (Å²) >= 11 is 3.41. The molecule has 0 bridgehead atoms. The van der Waals surface area contributed by atoms with Gasteiger partial charge in [-0.2, -0.15) is 0 Å². The fourth-order valence-electron chi connectivity index (χ4n) is 5.87. The lowest BCUT2D eigenvalue weighted by Crippen LogP contribution is -2.44. The number of Topliss-reactive ketones (excluding diaryl/α,β-unsaturated/α-hetero) is 1. The van der Waals surface area contributed by atoms with Crippen LogP contribution in [-0.4, -0.2) is 42.8 Å². The Bertz CT molecular complexity index is 1470. The summed E-state index contributed by atoms with van der Waals surface area (Å²) in [5.41, 5.74) is 2.69. The Kier molecular flexibility index (Phi) is 5.64. The van der Waals surface area contributed by atoms with E-state index in [1.165, 1.54) is 19.1 Å². The zero-order chi connectivity index (χ0) is 25.8. The van der Waals surface area contributed by atoms with E-state index in [9.17, 15) is 14.4 Å². The predicted octanol–water partition coefficient (Wildman–Crippen LogP) is 4.86. The molecule has 0 N–H and O–H groups in total. The lowest BCUT2D eigenvalue weighted by Gasteiger charge is -2.35. The summed E-state index contributed by atoms with van der Waals surface area (Å²) in [7, 11) is 3.02. The van der Waals surface area contributed by atoms with Crippen LogP contribution in [0.5, 0.6) is 11.5 Å². The lowest BCUT2D eigenvalue weighted by molar-refractivity contribution is -0.123. The van der Waals surface area contributed by atoms with Gasteiger partial charge in [0.1, 0.15) is 17.5 Å². The summed E-state index contributed by atoms with van der Waals surface area (Å²) in [6.45, 7) is 0. The van der Waals surface area contributed by atoms with Crippen molar-refractivity contribution in [2.75, 3.05) is 19.1 Å². The van der Waals surface area contributed by atoms with Gasteiger partial charge in [-0.3, -0.25) is 14.4 Å². The number of carbonyl (C=O) groups is 3. The number of fused-ring (bicyclic) bond motifs is 5. The Morgan fingerprint density at radius 3 is 2.35 bits per heavy atom. The molecule has 2 saturated heterocycles. The molecular formula is C29H23BrN2O5. The van der Waals surface area contributed by atoms with Crippen LogP contribution in [0.3, 0.4) is 0 Å². The molecule has 186 valence electrons. The molecule has 0 radical (unpaired) electrons. The SMILES string of the molecule is COc1ccc(OC)c(C(=O)[C@@H]2[C@@H]3C(=O)N(c4ccc(Br)cc4)C(=O)[C@@H]3[C@@H]3c4ccccc4C=CN23)c1. The molecule has 3 aromatic rings. The number of ketones is 1. The third kappa shape index (κ3) is 3.50. The average Bonchev–Trinajstić information content (AvgIpc) is 3.40. The Morgan fingerprint density at radius 1 is 0.892 bits per heavy atom. The first-order valence-electron chi connectivity index (χ1n) is 11.9. The molecule has 0 aromatic heterocycles. The number of amides is 2. The van der Waals surface area contributed by atoms with E-state index in [-0.39, 0.29) is 17.6 Å². The fourth-order valence-corrected chi connectivity index (χ4v) is 6.13. The predicted molar refractivity (Wildman–Crippen MR) is 141 cm³/mol. The third-order valence-electron chi connectivity index (χ3n) is 7.49. The minimum atomic E-state index is -0.891. The normalized spacial score (nSPS) is 23.5. The first kappa shape index (κ1) is 23.5. The van der Waals surface area contributed by atoms with E-state index >= 15 is 0 Å². The first-order chi connectivity index (χ1) is 17.9. The number of imide groups is 1. The Labute approximate surface area is 222 Å². The van der Waals surface area contributed by atoms with Crippen LogP contribution in [0.2, 0.25) is 0 Å². The van der Waals surface area contributed by atoms with E-state index in [1.54, 1.807) is 42.5 Å². The minimum absolute atomic E-state index is 0.295. The number of nitrogens with zero attached hydrogens (tertiary/aromatic N) is 2. The van der Waals surface area contributed by atoms with Crippen LogP contribution in [0.4, 0.5) is 5.69 Å². The molecule has 3 aliphatic rings. The van der Waals surface area contributed by atoms with Crippen molar-refractivity contribution < 1.29 is 23.9 Å². The summed E-state index contributed by atoms with van der Waals surface area (Å²) in [6, 6.07) is 18.5. The van der Waals surface area contributed by atoms with E-state index < -0.39 is 23.9 Å². The van der Waals surface area contributed by atoms with Gasteiger partial charge in [-0.25, -0.2) is 4.90 Å². The minimum Gasteiger partial charge on any atom is -0.497 e. The van der Waals surface area contributed by atoms with Crippen LogP contribution in [0.25, 0.3) is 6.08 Å². The van der Waals surface area contributed by atoms with E-state index in [0.29, 0.717) is 22.7 Å². The molecule has 37 heavy (non-hydrogen) atoms. The topological polar surface area (TPSA) is 76.1 Å². The second kappa shape index (κ2) is 8.88. The Balaban J connectivity index is 1.51. The van der Waals surface area contributed by atoms with Gasteiger partial charge in [-0.05, 0) is 59.7 Å². The van der Waals surface area contributed by atoms with Gasteiger partial charge in [0.15, 0.2) is 5.78 Å². The number of hydrogen-bond acceptors (Lipinski definition) is 6. The quantitative estimate of drug-likeness (QED) is 0.328. The molecule has 3 aliphatic heterocycles. The number of halogens is 1. The first-order valence-corrected chi connectivity index (χ1v) is 12.7. The molecule has 7 nitrogen and oxygen atoms in total. The average molecular weight is 559 g/mol. The van der Waals surface area contributed by atoms with Crippen LogP contribution >= 0.6 is 15.9 Å². The van der Waals surface area contributed by atoms with Crippen molar-refractivity contribution in [1.82, 2.24) is 4.90 Å². The molecule has 0 saturated carbocycles. The zero-order valence-corrected chi connectivity index (χ0v) is 21.7. The molecule has 0 spiro atoms. The molecule has 3 aromatic carbocycles. The van der Waals surface area contributed by atoms with Crippen LogP contribution in [-0.2, 0) is 9.59 Å². The van der Waals surface area contributed by atoms with Gasteiger partial charge < -0.3 is 14.4 Å². The van der Waals surface area contributed by atoms with E-state index in [2.05, 4.69) is 15.9 Å². The number of ether oxygens (including phenoxy) is 2. The highest BCUT2D eigenvalue weighted by molar-refractivity contribution is 9.10. The fraction of sp³-hybridized carbons (Fsp3) is 0.207. The van der Waals surface area contributed by atoms with Crippen molar-refractivity contribution in [3.8, 4) is 11.5 Å². The van der Waals surface area contributed by atoms with Gasteiger partial charge in [-0.1, -0.05) is 40.2 Å². The van der Waals surface area contributed by atoms with E-state index in [0.717, 1.165) is 15.6 Å². The molecule has 4 atom stereocenters. The highest BCUT2D eigenvalue weighted by Crippen LogP contribution is 2.54. The number of carbonyl (C=O) groups excluding carboxylic acids is 3. The highest BCUT2D eigenvalue weighted by atomic mass is 79.9. The second-order valence-electron chi connectivity index (χ2n) is 9.25. The van der Waals surface area contributed by atoms with Crippen molar-refractivity contribution in [2.45, 2.75) is 12.1 Å². The molecule has 2 fully saturated rings. The molecule has 0 unspecified atom stereocenters. The summed E-state index contributed by atoms with van der Waals surface area (Å²) in [4.78, 5) is 45.3. The standard InChI is InChI=1S/C29H23BrN2O5/c1-36-19-11-12-22(37-2)21(15-19)27(33)26-24-23(25-20-6-4-3-5-16(20)13-14-31(25)26)28(34)32(29(24)35)18-9-7-17(30)8-10-18/h3-15,23-26H,1-2H3/t23-,24+,25-,26-/m0/s1. The molecule has 3 heterocycles. The largest absolute Gasteiger partial charge is 0.497 e. The van der Waals surface area contributed by atoms with Crippen molar-refractivity contribution in [3.63, 3.8) is 0 Å². The van der Waals surface area contributed by atoms with E-state index in [4.69, 9.17) is 9.47 Å². The summed E-state index contributed by atoms with van der Waals surface area (Å²) in [5, 5.41) is 0.